The van der Waals surface area contributed by atoms with Gasteiger partial charge in [0.1, 0.15) is 5.60 Å². The molecule has 0 aromatic rings. The van der Waals surface area contributed by atoms with Crippen molar-refractivity contribution in [3.8, 4) is 0 Å². The van der Waals surface area contributed by atoms with Gasteiger partial charge < -0.3 is 15.8 Å². The number of hydrogen-bond donors (Lipinski definition) is 2. The highest BCUT2D eigenvalue weighted by molar-refractivity contribution is 5.93. The van der Waals surface area contributed by atoms with Crippen molar-refractivity contribution in [3.63, 3.8) is 0 Å². The molecule has 0 aromatic heterocycles. The molecule has 6 nitrogen and oxygen atoms in total. The van der Waals surface area contributed by atoms with Crippen molar-refractivity contribution in [2.24, 2.45) is 5.73 Å². The number of carbonyl (C=O) groups excluding carboxylic acids is 2. The Kier molecular flexibility index (Phi) is 5.98. The maximum Gasteiger partial charge on any atom is 0.417 e. The summed E-state index contributed by atoms with van der Waals surface area (Å²) in [6.07, 6.45) is -0.654. The summed E-state index contributed by atoms with van der Waals surface area (Å²) in [6, 6.07) is 0. The van der Waals surface area contributed by atoms with Gasteiger partial charge in [-0.2, -0.15) is 0 Å². The van der Waals surface area contributed by atoms with Crippen LogP contribution in [-0.2, 0) is 9.53 Å². The molecule has 0 aromatic carbocycles. The Hall–Kier alpha value is -1.14. The van der Waals surface area contributed by atoms with E-state index in [0.717, 1.165) is 4.90 Å². The van der Waals surface area contributed by atoms with E-state index in [2.05, 4.69) is 5.32 Å². The molecule has 0 aliphatic rings. The molecule has 0 radical (unpaired) electrons. The summed E-state index contributed by atoms with van der Waals surface area (Å²) in [5.41, 5.74) is 4.61. The van der Waals surface area contributed by atoms with E-state index in [1.807, 2.05) is 0 Å². The smallest absolute Gasteiger partial charge is 0.417 e. The Bertz CT molecular complexity index is 248. The van der Waals surface area contributed by atoms with Crippen LogP contribution in [0.3, 0.4) is 0 Å². The number of nitrogens with one attached hydrogen (secondary N) is 1. The van der Waals surface area contributed by atoms with Crippen LogP contribution in [0.2, 0.25) is 0 Å². The quantitative estimate of drug-likeness (QED) is 0.707. The third kappa shape index (κ3) is 5.67. The molecule has 2 amide bonds. The lowest BCUT2D eigenvalue weighted by Gasteiger charge is -2.25. The topological polar surface area (TPSA) is 84.7 Å². The highest BCUT2D eigenvalue weighted by atomic mass is 16.6. The number of nitrogens with zero attached hydrogens (tertiary/aromatic N) is 1. The van der Waals surface area contributed by atoms with Crippen LogP contribution >= 0.6 is 0 Å². The molecular weight excluding hydrogens is 210 g/mol. The predicted octanol–water partition coefficient (Wildman–Crippen LogP) is -0.0718. The van der Waals surface area contributed by atoms with E-state index in [1.54, 1.807) is 27.8 Å². The average molecular weight is 231 g/mol. The van der Waals surface area contributed by atoms with Gasteiger partial charge >= 0.3 is 6.09 Å². The monoisotopic (exact) mass is 231 g/mol. The fraction of sp³-hybridized carbons (Fsp3) is 0.800. The molecule has 94 valence electrons. The predicted molar refractivity (Wildman–Crippen MR) is 60.9 cm³/mol. The Morgan fingerprint density at radius 1 is 1.38 bits per heavy atom. The van der Waals surface area contributed by atoms with Crippen molar-refractivity contribution >= 4 is 12.0 Å². The van der Waals surface area contributed by atoms with Gasteiger partial charge in [0.2, 0.25) is 5.91 Å². The summed E-state index contributed by atoms with van der Waals surface area (Å²) in [4.78, 5) is 24.1. The number of rotatable bonds is 4. The van der Waals surface area contributed by atoms with Crippen molar-refractivity contribution in [2.75, 3.05) is 26.7 Å². The molecule has 0 fully saturated rings. The van der Waals surface area contributed by atoms with Crippen LogP contribution in [0.25, 0.3) is 0 Å². The second-order valence-corrected chi connectivity index (χ2v) is 4.33. The number of likely N-dealkylation sites (N-methyl/N-ethyl adjacent to an activating group) is 1. The maximum atomic E-state index is 11.7. The first-order chi connectivity index (χ1) is 7.31. The first-order valence-corrected chi connectivity index (χ1v) is 5.20. The highest BCUT2D eigenvalue weighted by Crippen LogP contribution is 2.09. The molecule has 0 atom stereocenters. The Morgan fingerprint density at radius 3 is 2.31 bits per heavy atom. The van der Waals surface area contributed by atoms with Crippen LogP contribution in [0.1, 0.15) is 20.8 Å². The lowest BCUT2D eigenvalue weighted by atomic mass is 10.2. The zero-order valence-corrected chi connectivity index (χ0v) is 10.4. The molecular formula is C10H21N3O3. The number of amides is 2. The zero-order valence-electron chi connectivity index (χ0n) is 10.4. The minimum Gasteiger partial charge on any atom is -0.443 e. The molecule has 16 heavy (non-hydrogen) atoms. The van der Waals surface area contributed by atoms with Gasteiger partial charge in [-0.3, -0.25) is 4.79 Å². The van der Waals surface area contributed by atoms with Crippen LogP contribution in [-0.4, -0.2) is 49.2 Å². The third-order valence-electron chi connectivity index (χ3n) is 1.67. The van der Waals surface area contributed by atoms with Gasteiger partial charge in [-0.25, -0.2) is 9.69 Å². The van der Waals surface area contributed by atoms with Crippen molar-refractivity contribution in [2.45, 2.75) is 26.4 Å². The van der Waals surface area contributed by atoms with Crippen LogP contribution in [0.5, 0.6) is 0 Å². The van der Waals surface area contributed by atoms with Gasteiger partial charge in [-0.15, -0.1) is 0 Å². The number of ether oxygens (including phenoxy) is 1. The summed E-state index contributed by atoms with van der Waals surface area (Å²) < 4.78 is 5.10. The van der Waals surface area contributed by atoms with E-state index < -0.39 is 17.6 Å². The molecule has 0 aliphatic carbocycles. The van der Waals surface area contributed by atoms with Crippen LogP contribution < -0.4 is 11.1 Å². The summed E-state index contributed by atoms with van der Waals surface area (Å²) in [5, 5.41) is 2.85. The lowest BCUT2D eigenvalue weighted by molar-refractivity contribution is -0.128. The molecule has 6 heteroatoms. The Morgan fingerprint density at radius 2 is 1.94 bits per heavy atom. The minimum atomic E-state index is -0.654. The summed E-state index contributed by atoms with van der Waals surface area (Å²) in [5.74, 6) is -0.440. The van der Waals surface area contributed by atoms with Gasteiger partial charge in [0.05, 0.1) is 6.54 Å². The Balaban J connectivity index is 4.50. The van der Waals surface area contributed by atoms with Crippen molar-refractivity contribution < 1.29 is 14.3 Å². The van der Waals surface area contributed by atoms with Crippen LogP contribution in [0.4, 0.5) is 4.79 Å². The third-order valence-corrected chi connectivity index (χ3v) is 1.67. The van der Waals surface area contributed by atoms with E-state index in [0.29, 0.717) is 6.54 Å². The van der Waals surface area contributed by atoms with E-state index in [4.69, 9.17) is 10.5 Å². The number of hydrogen-bond acceptors (Lipinski definition) is 5. The molecule has 0 heterocycles. The standard InChI is InChI=1S/C10H21N3O3/c1-10(2,3)16-9(15)13(6-5-12-4)8(14)7-11/h12H,5-7,11H2,1-4H3. The van der Waals surface area contributed by atoms with E-state index in [1.165, 1.54) is 0 Å². The fourth-order valence-corrected chi connectivity index (χ4v) is 0.969. The molecule has 0 bridgehead atoms. The highest BCUT2D eigenvalue weighted by Gasteiger charge is 2.25. The van der Waals surface area contributed by atoms with E-state index in [-0.39, 0.29) is 13.1 Å². The minimum absolute atomic E-state index is 0.205. The summed E-state index contributed by atoms with van der Waals surface area (Å²) >= 11 is 0. The SMILES string of the molecule is CNCCN(C(=O)CN)C(=O)OC(C)(C)C. The first-order valence-electron chi connectivity index (χ1n) is 5.20. The lowest BCUT2D eigenvalue weighted by Crippen LogP contribution is -2.46. The van der Waals surface area contributed by atoms with Crippen molar-refractivity contribution in [1.82, 2.24) is 10.2 Å². The fourth-order valence-electron chi connectivity index (χ4n) is 0.969. The van der Waals surface area contributed by atoms with E-state index in [9.17, 15) is 9.59 Å². The van der Waals surface area contributed by atoms with E-state index >= 15 is 0 Å². The number of nitrogens with two attached hydrogens (primary N) is 1. The Labute approximate surface area is 96.1 Å². The summed E-state index contributed by atoms with van der Waals surface area (Å²) in [7, 11) is 1.74. The maximum absolute atomic E-state index is 11.7. The molecule has 0 aliphatic heterocycles. The van der Waals surface area contributed by atoms with Gasteiger partial charge in [-0.05, 0) is 27.8 Å². The molecule has 0 saturated carbocycles. The average Bonchev–Trinajstić information content (AvgIpc) is 2.15. The number of carbonyl (C=O) groups is 2. The van der Waals surface area contributed by atoms with Gasteiger partial charge in [0.25, 0.3) is 0 Å². The van der Waals surface area contributed by atoms with Crippen LogP contribution in [0.15, 0.2) is 0 Å². The van der Waals surface area contributed by atoms with Crippen LogP contribution in [0, 0.1) is 0 Å². The van der Waals surface area contributed by atoms with Gasteiger partial charge in [-0.1, -0.05) is 0 Å². The molecule has 0 saturated heterocycles. The second-order valence-electron chi connectivity index (χ2n) is 4.33. The normalized spacial score (nSPS) is 11.1. The molecule has 0 rings (SSSR count). The van der Waals surface area contributed by atoms with Gasteiger partial charge in [0.15, 0.2) is 0 Å². The van der Waals surface area contributed by atoms with Gasteiger partial charge in [0, 0.05) is 13.1 Å². The number of imide groups is 1. The molecule has 3 N–H and O–H groups in total. The van der Waals surface area contributed by atoms with Crippen molar-refractivity contribution in [3.05, 3.63) is 0 Å². The first kappa shape index (κ1) is 14.9. The van der Waals surface area contributed by atoms with Crippen molar-refractivity contribution in [1.29, 1.82) is 0 Å². The molecule has 0 unspecified atom stereocenters. The summed E-state index contributed by atoms with van der Waals surface area (Å²) in [6.45, 7) is 5.78. The zero-order chi connectivity index (χ0) is 12.8. The second kappa shape index (κ2) is 6.44. The largest absolute Gasteiger partial charge is 0.443 e. The molecule has 0 spiro atoms.